The first kappa shape index (κ1) is 17.7. The summed E-state index contributed by atoms with van der Waals surface area (Å²) in [6.45, 7) is -0.598. The molecular formula is C16H21ClN2O4S. The first-order valence-corrected chi connectivity index (χ1v) is 9.94. The molecule has 3 rings (SSSR count). The van der Waals surface area contributed by atoms with E-state index in [4.69, 9.17) is 11.6 Å². The van der Waals surface area contributed by atoms with Gasteiger partial charge in [0.25, 0.3) is 0 Å². The van der Waals surface area contributed by atoms with Crippen molar-refractivity contribution in [2.75, 3.05) is 6.61 Å². The van der Waals surface area contributed by atoms with Crippen LogP contribution in [0, 0.1) is 11.8 Å². The lowest BCUT2D eigenvalue weighted by molar-refractivity contribution is -0.124. The maximum atomic E-state index is 12.4. The van der Waals surface area contributed by atoms with E-state index in [1.54, 1.807) is 0 Å². The number of halogens is 1. The van der Waals surface area contributed by atoms with Gasteiger partial charge < -0.3 is 10.4 Å². The molecule has 1 amide bonds. The van der Waals surface area contributed by atoms with E-state index in [1.807, 2.05) is 0 Å². The summed E-state index contributed by atoms with van der Waals surface area (Å²) >= 11 is 5.75. The lowest BCUT2D eigenvalue weighted by Gasteiger charge is -2.25. The standard InChI is InChI=1S/C16H21ClN2O4S/c17-12-3-5-13(6-4-12)24(22,23)19-15(9-20)16(21)18-14-8-10-1-2-11(14)7-10/h3-6,10-11,14-15,19-20H,1-2,7-9H2,(H,18,21). The molecule has 1 aromatic carbocycles. The maximum absolute atomic E-state index is 12.4. The number of sulfonamides is 1. The lowest BCUT2D eigenvalue weighted by atomic mass is 9.95. The van der Waals surface area contributed by atoms with Gasteiger partial charge in [-0.25, -0.2) is 8.42 Å². The van der Waals surface area contributed by atoms with E-state index in [0.29, 0.717) is 16.9 Å². The van der Waals surface area contributed by atoms with E-state index in [-0.39, 0.29) is 10.9 Å². The van der Waals surface area contributed by atoms with Crippen LogP contribution in [0.4, 0.5) is 0 Å². The average Bonchev–Trinajstić information content (AvgIpc) is 3.15. The number of aliphatic hydroxyl groups excluding tert-OH is 1. The van der Waals surface area contributed by atoms with Gasteiger partial charge in [0, 0.05) is 11.1 Å². The monoisotopic (exact) mass is 372 g/mol. The fourth-order valence-electron chi connectivity index (χ4n) is 3.75. The third kappa shape index (κ3) is 3.74. The van der Waals surface area contributed by atoms with Gasteiger partial charge in [0.2, 0.25) is 15.9 Å². The zero-order chi connectivity index (χ0) is 17.3. The second kappa shape index (κ2) is 7.00. The van der Waals surface area contributed by atoms with Gasteiger partial charge >= 0.3 is 0 Å². The Morgan fingerprint density at radius 2 is 1.96 bits per heavy atom. The third-order valence-electron chi connectivity index (χ3n) is 4.99. The van der Waals surface area contributed by atoms with Crippen molar-refractivity contribution in [2.24, 2.45) is 11.8 Å². The fourth-order valence-corrected chi connectivity index (χ4v) is 5.06. The van der Waals surface area contributed by atoms with Crippen LogP contribution in [0.1, 0.15) is 25.7 Å². The Balaban J connectivity index is 1.65. The van der Waals surface area contributed by atoms with E-state index >= 15 is 0 Å². The predicted octanol–water partition coefficient (Wildman–Crippen LogP) is 1.28. The molecule has 0 radical (unpaired) electrons. The molecule has 0 aliphatic heterocycles. The molecule has 2 aliphatic carbocycles. The lowest BCUT2D eigenvalue weighted by Crippen LogP contribution is -2.52. The van der Waals surface area contributed by atoms with Crippen molar-refractivity contribution in [1.82, 2.24) is 10.0 Å². The molecule has 0 spiro atoms. The summed E-state index contributed by atoms with van der Waals surface area (Å²) in [5.74, 6) is 0.664. The van der Waals surface area contributed by atoms with Gasteiger partial charge in [-0.2, -0.15) is 4.72 Å². The summed E-state index contributed by atoms with van der Waals surface area (Å²) in [5.41, 5.74) is 0. The van der Waals surface area contributed by atoms with E-state index in [1.165, 1.54) is 30.7 Å². The molecule has 4 atom stereocenters. The molecule has 3 N–H and O–H groups in total. The highest BCUT2D eigenvalue weighted by atomic mass is 35.5. The number of hydrogen-bond donors (Lipinski definition) is 3. The number of aliphatic hydroxyl groups is 1. The molecule has 4 unspecified atom stereocenters. The summed E-state index contributed by atoms with van der Waals surface area (Å²) in [6.07, 6.45) is 4.39. The highest BCUT2D eigenvalue weighted by Gasteiger charge is 2.41. The number of amides is 1. The van der Waals surface area contributed by atoms with Crippen molar-refractivity contribution in [3.8, 4) is 0 Å². The maximum Gasteiger partial charge on any atom is 0.241 e. The summed E-state index contributed by atoms with van der Waals surface area (Å²) in [7, 11) is -3.91. The molecule has 2 saturated carbocycles. The van der Waals surface area contributed by atoms with Crippen molar-refractivity contribution in [3.63, 3.8) is 0 Å². The molecule has 1 aromatic rings. The molecular weight excluding hydrogens is 352 g/mol. The smallest absolute Gasteiger partial charge is 0.241 e. The number of carbonyl (C=O) groups is 1. The van der Waals surface area contributed by atoms with Crippen LogP contribution in [-0.4, -0.2) is 38.1 Å². The summed E-state index contributed by atoms with van der Waals surface area (Å²) < 4.78 is 26.9. The topological polar surface area (TPSA) is 95.5 Å². The van der Waals surface area contributed by atoms with E-state index < -0.39 is 28.6 Å². The summed E-state index contributed by atoms with van der Waals surface area (Å²) in [4.78, 5) is 12.3. The number of nitrogens with one attached hydrogen (secondary N) is 2. The molecule has 6 nitrogen and oxygen atoms in total. The summed E-state index contributed by atoms with van der Waals surface area (Å²) in [6, 6.07) is 4.51. The highest BCUT2D eigenvalue weighted by Crippen LogP contribution is 2.44. The van der Waals surface area contributed by atoms with Crippen molar-refractivity contribution in [3.05, 3.63) is 29.3 Å². The van der Waals surface area contributed by atoms with Crippen LogP contribution in [0.3, 0.4) is 0 Å². The number of benzene rings is 1. The zero-order valence-corrected chi connectivity index (χ0v) is 14.7. The second-order valence-electron chi connectivity index (χ2n) is 6.60. The minimum Gasteiger partial charge on any atom is -0.394 e. The Morgan fingerprint density at radius 1 is 1.25 bits per heavy atom. The largest absolute Gasteiger partial charge is 0.394 e. The van der Waals surface area contributed by atoms with Gasteiger partial charge in [0.15, 0.2) is 0 Å². The van der Waals surface area contributed by atoms with E-state index in [2.05, 4.69) is 10.0 Å². The normalized spacial score (nSPS) is 27.2. The molecule has 24 heavy (non-hydrogen) atoms. The van der Waals surface area contributed by atoms with Gasteiger partial charge in [-0.3, -0.25) is 4.79 Å². The molecule has 8 heteroatoms. The summed E-state index contributed by atoms with van der Waals surface area (Å²) in [5, 5.41) is 12.8. The van der Waals surface area contributed by atoms with Crippen LogP contribution in [0.5, 0.6) is 0 Å². The first-order valence-electron chi connectivity index (χ1n) is 8.08. The van der Waals surface area contributed by atoms with Gasteiger partial charge in [-0.1, -0.05) is 18.0 Å². The Labute approximate surface area is 146 Å². The SMILES string of the molecule is O=C(NC1CC2CCC1C2)C(CO)NS(=O)(=O)c1ccc(Cl)cc1. The third-order valence-corrected chi connectivity index (χ3v) is 6.73. The zero-order valence-electron chi connectivity index (χ0n) is 13.1. The number of carbonyl (C=O) groups excluding carboxylic acids is 1. The Morgan fingerprint density at radius 3 is 2.50 bits per heavy atom. The molecule has 0 heterocycles. The quantitative estimate of drug-likeness (QED) is 0.701. The second-order valence-corrected chi connectivity index (χ2v) is 8.75. The van der Waals surface area contributed by atoms with Crippen molar-refractivity contribution < 1.29 is 18.3 Å². The number of hydrogen-bond acceptors (Lipinski definition) is 4. The molecule has 0 aromatic heterocycles. The van der Waals surface area contributed by atoms with Gasteiger partial charge in [-0.15, -0.1) is 0 Å². The van der Waals surface area contributed by atoms with Crippen LogP contribution in [0.2, 0.25) is 5.02 Å². The molecule has 2 aliphatic rings. The fraction of sp³-hybridized carbons (Fsp3) is 0.562. The van der Waals surface area contributed by atoms with Crippen molar-refractivity contribution >= 4 is 27.5 Å². The molecule has 132 valence electrons. The van der Waals surface area contributed by atoms with E-state index in [9.17, 15) is 18.3 Å². The van der Waals surface area contributed by atoms with Gasteiger partial charge in [0.1, 0.15) is 6.04 Å². The Kier molecular flexibility index (Phi) is 5.15. The number of rotatable bonds is 6. The minimum absolute atomic E-state index is 0.00178. The Hall–Kier alpha value is -1.15. The average molecular weight is 373 g/mol. The van der Waals surface area contributed by atoms with Crippen LogP contribution >= 0.6 is 11.6 Å². The van der Waals surface area contributed by atoms with Crippen LogP contribution in [0.15, 0.2) is 29.2 Å². The highest BCUT2D eigenvalue weighted by molar-refractivity contribution is 7.89. The molecule has 2 bridgehead atoms. The van der Waals surface area contributed by atoms with Crippen LogP contribution in [-0.2, 0) is 14.8 Å². The van der Waals surface area contributed by atoms with Crippen molar-refractivity contribution in [1.29, 1.82) is 0 Å². The molecule has 0 saturated heterocycles. The van der Waals surface area contributed by atoms with Crippen LogP contribution in [0.25, 0.3) is 0 Å². The minimum atomic E-state index is -3.91. The van der Waals surface area contributed by atoms with E-state index in [0.717, 1.165) is 19.3 Å². The Bertz CT molecular complexity index is 707. The van der Waals surface area contributed by atoms with Crippen LogP contribution < -0.4 is 10.0 Å². The van der Waals surface area contributed by atoms with Crippen molar-refractivity contribution in [2.45, 2.75) is 42.7 Å². The first-order chi connectivity index (χ1) is 11.4. The van der Waals surface area contributed by atoms with Gasteiger partial charge in [0.05, 0.1) is 11.5 Å². The molecule has 2 fully saturated rings. The number of fused-ring (bicyclic) bond motifs is 2. The predicted molar refractivity (Wildman–Crippen MR) is 90.0 cm³/mol. The van der Waals surface area contributed by atoms with Gasteiger partial charge in [-0.05, 0) is 55.4 Å².